The summed E-state index contributed by atoms with van der Waals surface area (Å²) in [5, 5.41) is 0. The van der Waals surface area contributed by atoms with E-state index in [0.717, 1.165) is 38.5 Å². The van der Waals surface area contributed by atoms with E-state index in [-0.39, 0.29) is 12.5 Å². The lowest BCUT2D eigenvalue weighted by atomic mass is 9.54. The second kappa shape index (κ2) is 8.56. The van der Waals surface area contributed by atoms with Crippen LogP contribution in [-0.2, 0) is 28.6 Å². The molecule has 4 bridgehead atoms. The van der Waals surface area contributed by atoms with Crippen molar-refractivity contribution in [1.82, 2.24) is 0 Å². The molecule has 0 aromatic carbocycles. The van der Waals surface area contributed by atoms with E-state index in [1.165, 1.54) is 0 Å². The molecule has 1 unspecified atom stereocenters. The highest BCUT2D eigenvalue weighted by Gasteiger charge is 2.54. The van der Waals surface area contributed by atoms with Gasteiger partial charge < -0.3 is 14.2 Å². The zero-order valence-corrected chi connectivity index (χ0v) is 17.1. The fourth-order valence-electron chi connectivity index (χ4n) is 5.38. The van der Waals surface area contributed by atoms with Crippen LogP contribution in [0.5, 0.6) is 0 Å². The number of carbonyl (C=O) groups excluding carboxylic acids is 3. The van der Waals surface area contributed by atoms with E-state index in [1.807, 2.05) is 6.92 Å². The van der Waals surface area contributed by atoms with Crippen molar-refractivity contribution in [2.75, 3.05) is 13.2 Å². The Balaban J connectivity index is 1.43. The standard InChI is InChI=1S/C21H30F2O6/c1-3-13(2)18(25)27-4-5-28-19(26)21(22,23)12-17(24)29-20-9-14-6-15(10-20)8-16(7-14)11-20/h13-16H,3-12H2,1-2H3. The van der Waals surface area contributed by atoms with Gasteiger partial charge in [-0.3, -0.25) is 9.59 Å². The lowest BCUT2D eigenvalue weighted by Gasteiger charge is -2.55. The van der Waals surface area contributed by atoms with Crippen LogP contribution in [0.1, 0.15) is 65.2 Å². The van der Waals surface area contributed by atoms with Crippen molar-refractivity contribution in [3.05, 3.63) is 0 Å². The van der Waals surface area contributed by atoms with Crippen molar-refractivity contribution in [2.24, 2.45) is 23.7 Å². The zero-order valence-electron chi connectivity index (χ0n) is 17.1. The first kappa shape index (κ1) is 22.0. The van der Waals surface area contributed by atoms with Gasteiger partial charge in [0.15, 0.2) is 0 Å². The molecule has 1 atom stereocenters. The summed E-state index contributed by atoms with van der Waals surface area (Å²) in [4.78, 5) is 35.4. The molecule has 4 fully saturated rings. The first-order valence-corrected chi connectivity index (χ1v) is 10.6. The molecular formula is C21H30F2O6. The van der Waals surface area contributed by atoms with Crippen molar-refractivity contribution in [1.29, 1.82) is 0 Å². The molecule has 4 saturated carbocycles. The Morgan fingerprint density at radius 2 is 1.52 bits per heavy atom. The molecule has 8 heteroatoms. The number of alkyl halides is 2. The number of ether oxygens (including phenoxy) is 3. The molecule has 4 aliphatic carbocycles. The van der Waals surface area contributed by atoms with Crippen LogP contribution in [0.2, 0.25) is 0 Å². The van der Waals surface area contributed by atoms with Crippen LogP contribution in [0.25, 0.3) is 0 Å². The van der Waals surface area contributed by atoms with Gasteiger partial charge in [0.1, 0.15) is 25.2 Å². The predicted octanol–water partition coefficient (Wildman–Crippen LogP) is 3.66. The molecule has 0 aromatic rings. The molecular weight excluding hydrogens is 386 g/mol. The van der Waals surface area contributed by atoms with Crippen LogP contribution >= 0.6 is 0 Å². The van der Waals surface area contributed by atoms with E-state index in [2.05, 4.69) is 4.74 Å². The summed E-state index contributed by atoms with van der Waals surface area (Å²) in [7, 11) is 0. The second-order valence-corrected chi connectivity index (χ2v) is 9.07. The first-order valence-electron chi connectivity index (χ1n) is 10.6. The number of esters is 3. The minimum atomic E-state index is -3.97. The highest BCUT2D eigenvalue weighted by molar-refractivity contribution is 5.84. The SMILES string of the molecule is CCC(C)C(=O)OCCOC(=O)C(F)(F)CC(=O)OC12CC3CC(CC(C3)C1)C2. The van der Waals surface area contributed by atoms with Crippen molar-refractivity contribution in [2.45, 2.75) is 76.7 Å². The monoisotopic (exact) mass is 416 g/mol. The third-order valence-corrected chi connectivity index (χ3v) is 6.55. The Morgan fingerprint density at radius 1 is 1.00 bits per heavy atom. The fourth-order valence-corrected chi connectivity index (χ4v) is 5.38. The van der Waals surface area contributed by atoms with E-state index in [1.54, 1.807) is 6.92 Å². The maximum atomic E-state index is 14.1. The molecule has 0 saturated heterocycles. The summed E-state index contributed by atoms with van der Waals surface area (Å²) in [5.74, 6) is -6.09. The summed E-state index contributed by atoms with van der Waals surface area (Å²) in [6.45, 7) is 2.70. The molecule has 0 N–H and O–H groups in total. The normalized spacial score (nSPS) is 31.2. The van der Waals surface area contributed by atoms with Crippen LogP contribution < -0.4 is 0 Å². The van der Waals surface area contributed by atoms with E-state index >= 15 is 0 Å². The average Bonchev–Trinajstić information content (AvgIpc) is 2.61. The number of hydrogen-bond acceptors (Lipinski definition) is 6. The Labute approximate surface area is 169 Å². The summed E-state index contributed by atoms with van der Waals surface area (Å²) >= 11 is 0. The van der Waals surface area contributed by atoms with Gasteiger partial charge in [0.25, 0.3) is 0 Å². The summed E-state index contributed by atoms with van der Waals surface area (Å²) in [6.07, 6.45) is 4.89. The number of hydrogen-bond donors (Lipinski definition) is 0. The van der Waals surface area contributed by atoms with Crippen LogP contribution in [0, 0.1) is 23.7 Å². The Bertz CT molecular complexity index is 612. The molecule has 0 heterocycles. The van der Waals surface area contributed by atoms with Gasteiger partial charge in [-0.2, -0.15) is 8.78 Å². The molecule has 0 aromatic heterocycles. The van der Waals surface area contributed by atoms with E-state index in [0.29, 0.717) is 24.2 Å². The van der Waals surface area contributed by atoms with Gasteiger partial charge in [-0.05, 0) is 62.7 Å². The van der Waals surface area contributed by atoms with Crippen molar-refractivity contribution < 1.29 is 37.4 Å². The smallest absolute Gasteiger partial charge is 0.377 e. The summed E-state index contributed by atoms with van der Waals surface area (Å²) in [5.41, 5.74) is -0.629. The topological polar surface area (TPSA) is 78.9 Å². The minimum Gasteiger partial charge on any atom is -0.462 e. The molecule has 4 rings (SSSR count). The molecule has 0 aliphatic heterocycles. The Morgan fingerprint density at radius 3 is 2.03 bits per heavy atom. The van der Waals surface area contributed by atoms with Gasteiger partial charge in [0.2, 0.25) is 0 Å². The molecule has 6 nitrogen and oxygen atoms in total. The second-order valence-electron chi connectivity index (χ2n) is 9.07. The van der Waals surface area contributed by atoms with Crippen molar-refractivity contribution in [3.63, 3.8) is 0 Å². The van der Waals surface area contributed by atoms with E-state index in [4.69, 9.17) is 9.47 Å². The van der Waals surface area contributed by atoms with Gasteiger partial charge in [-0.15, -0.1) is 0 Å². The van der Waals surface area contributed by atoms with E-state index in [9.17, 15) is 23.2 Å². The lowest BCUT2D eigenvalue weighted by Crippen LogP contribution is -2.53. The zero-order chi connectivity index (χ0) is 21.2. The lowest BCUT2D eigenvalue weighted by molar-refractivity contribution is -0.198. The van der Waals surface area contributed by atoms with Crippen LogP contribution in [0.15, 0.2) is 0 Å². The molecule has 29 heavy (non-hydrogen) atoms. The average molecular weight is 416 g/mol. The minimum absolute atomic E-state index is 0.303. The maximum Gasteiger partial charge on any atom is 0.377 e. The summed E-state index contributed by atoms with van der Waals surface area (Å²) < 4.78 is 43.1. The number of carbonyl (C=O) groups is 3. The molecule has 0 spiro atoms. The number of rotatable bonds is 9. The van der Waals surface area contributed by atoms with E-state index < -0.39 is 42.5 Å². The molecule has 164 valence electrons. The van der Waals surface area contributed by atoms with Crippen molar-refractivity contribution in [3.8, 4) is 0 Å². The van der Waals surface area contributed by atoms with Crippen LogP contribution in [0.3, 0.4) is 0 Å². The van der Waals surface area contributed by atoms with Gasteiger partial charge in [0.05, 0.1) is 5.92 Å². The summed E-state index contributed by atoms with van der Waals surface area (Å²) in [6, 6.07) is 0. The van der Waals surface area contributed by atoms with Gasteiger partial charge in [-0.25, -0.2) is 4.79 Å². The first-order chi connectivity index (χ1) is 13.6. The molecule has 0 radical (unpaired) electrons. The Kier molecular flexibility index (Phi) is 6.48. The fraction of sp³-hybridized carbons (Fsp3) is 0.857. The highest BCUT2D eigenvalue weighted by Crippen LogP contribution is 2.57. The largest absolute Gasteiger partial charge is 0.462 e. The van der Waals surface area contributed by atoms with Crippen LogP contribution in [0.4, 0.5) is 8.78 Å². The van der Waals surface area contributed by atoms with Crippen molar-refractivity contribution >= 4 is 17.9 Å². The third-order valence-electron chi connectivity index (χ3n) is 6.55. The Hall–Kier alpha value is -1.73. The number of halogens is 2. The van der Waals surface area contributed by atoms with Gasteiger partial charge in [0, 0.05) is 0 Å². The highest BCUT2D eigenvalue weighted by atomic mass is 19.3. The predicted molar refractivity (Wildman–Crippen MR) is 97.9 cm³/mol. The maximum absolute atomic E-state index is 14.1. The molecule has 4 aliphatic rings. The van der Waals surface area contributed by atoms with Crippen LogP contribution in [-0.4, -0.2) is 42.6 Å². The van der Waals surface area contributed by atoms with Gasteiger partial charge >= 0.3 is 23.8 Å². The quantitative estimate of drug-likeness (QED) is 0.324. The third kappa shape index (κ3) is 5.25. The van der Waals surface area contributed by atoms with Gasteiger partial charge in [-0.1, -0.05) is 13.8 Å². The molecule has 0 amide bonds.